The fourth-order valence-electron chi connectivity index (χ4n) is 1.65. The van der Waals surface area contributed by atoms with Crippen LogP contribution in [0.1, 0.15) is 0 Å². The van der Waals surface area contributed by atoms with Crippen LogP contribution in [-0.2, 0) is 11.3 Å². The van der Waals surface area contributed by atoms with Gasteiger partial charge in [-0.15, -0.1) is 0 Å². The Morgan fingerprint density at radius 3 is 2.50 bits per heavy atom. The Hall–Kier alpha value is -2.70. The molecule has 0 saturated heterocycles. The predicted octanol–water partition coefficient (Wildman–Crippen LogP) is 1.35. The van der Waals surface area contributed by atoms with Crippen LogP contribution in [0.25, 0.3) is 0 Å². The van der Waals surface area contributed by atoms with E-state index < -0.39 is 23.1 Å². The second-order valence-corrected chi connectivity index (χ2v) is 4.13. The highest BCUT2D eigenvalue weighted by molar-refractivity contribution is 5.90. The SMILES string of the molecule is Nc1ccc(=O)n(CC(=O)Nc2cc(F)cc(F)c2)c1. The van der Waals surface area contributed by atoms with E-state index in [0.717, 1.165) is 16.7 Å². The number of amides is 1. The third-order valence-corrected chi connectivity index (χ3v) is 2.47. The number of pyridine rings is 1. The molecule has 0 radical (unpaired) electrons. The average molecular weight is 279 g/mol. The van der Waals surface area contributed by atoms with Crippen molar-refractivity contribution in [2.75, 3.05) is 11.1 Å². The highest BCUT2D eigenvalue weighted by Crippen LogP contribution is 2.12. The van der Waals surface area contributed by atoms with Gasteiger partial charge in [-0.25, -0.2) is 8.78 Å². The fourth-order valence-corrected chi connectivity index (χ4v) is 1.65. The zero-order valence-electron chi connectivity index (χ0n) is 10.3. The first-order valence-corrected chi connectivity index (χ1v) is 5.66. The average Bonchev–Trinajstić information content (AvgIpc) is 2.32. The third kappa shape index (κ3) is 3.41. The number of hydrogen-bond acceptors (Lipinski definition) is 3. The van der Waals surface area contributed by atoms with E-state index in [1.807, 2.05) is 0 Å². The lowest BCUT2D eigenvalue weighted by Crippen LogP contribution is -2.27. The molecule has 20 heavy (non-hydrogen) atoms. The van der Waals surface area contributed by atoms with Gasteiger partial charge in [0.15, 0.2) is 0 Å². The third-order valence-electron chi connectivity index (χ3n) is 2.47. The molecule has 2 aromatic rings. The van der Waals surface area contributed by atoms with Gasteiger partial charge in [0.05, 0.1) is 0 Å². The molecule has 0 atom stereocenters. The predicted molar refractivity (Wildman–Crippen MR) is 70.1 cm³/mol. The van der Waals surface area contributed by atoms with Crippen LogP contribution in [0.2, 0.25) is 0 Å². The van der Waals surface area contributed by atoms with Crippen molar-refractivity contribution in [1.82, 2.24) is 4.57 Å². The zero-order valence-corrected chi connectivity index (χ0v) is 10.3. The van der Waals surface area contributed by atoms with Crippen molar-refractivity contribution in [2.45, 2.75) is 6.54 Å². The highest BCUT2D eigenvalue weighted by Gasteiger charge is 2.07. The molecule has 0 fully saturated rings. The van der Waals surface area contributed by atoms with Crippen LogP contribution in [0.3, 0.4) is 0 Å². The molecule has 1 aromatic heterocycles. The Morgan fingerprint density at radius 2 is 1.85 bits per heavy atom. The van der Waals surface area contributed by atoms with Crippen molar-refractivity contribution in [3.8, 4) is 0 Å². The minimum absolute atomic E-state index is 0.0237. The van der Waals surface area contributed by atoms with Gasteiger partial charge in [0.2, 0.25) is 5.91 Å². The van der Waals surface area contributed by atoms with Gasteiger partial charge >= 0.3 is 0 Å². The van der Waals surface area contributed by atoms with E-state index in [0.29, 0.717) is 11.8 Å². The van der Waals surface area contributed by atoms with Crippen molar-refractivity contribution in [2.24, 2.45) is 0 Å². The monoisotopic (exact) mass is 279 g/mol. The molecule has 104 valence electrons. The minimum Gasteiger partial charge on any atom is -0.398 e. The summed E-state index contributed by atoms with van der Waals surface area (Å²) in [5.41, 5.74) is 5.41. The van der Waals surface area contributed by atoms with E-state index in [-0.39, 0.29) is 12.2 Å². The lowest BCUT2D eigenvalue weighted by atomic mass is 10.3. The van der Waals surface area contributed by atoms with Gasteiger partial charge in [-0.2, -0.15) is 0 Å². The molecule has 0 unspecified atom stereocenters. The Labute approximate surface area is 112 Å². The molecular weight excluding hydrogens is 268 g/mol. The number of nitrogens with one attached hydrogen (secondary N) is 1. The second-order valence-electron chi connectivity index (χ2n) is 4.13. The highest BCUT2D eigenvalue weighted by atomic mass is 19.1. The molecule has 5 nitrogen and oxygen atoms in total. The molecule has 0 aliphatic carbocycles. The molecule has 0 bridgehead atoms. The molecular formula is C13H11F2N3O2. The van der Waals surface area contributed by atoms with E-state index >= 15 is 0 Å². The first-order valence-electron chi connectivity index (χ1n) is 5.66. The topological polar surface area (TPSA) is 77.1 Å². The van der Waals surface area contributed by atoms with E-state index in [4.69, 9.17) is 5.73 Å². The number of carbonyl (C=O) groups is 1. The zero-order chi connectivity index (χ0) is 14.7. The molecule has 0 saturated carbocycles. The molecule has 1 amide bonds. The van der Waals surface area contributed by atoms with Crippen LogP contribution in [0.15, 0.2) is 41.3 Å². The fraction of sp³-hybridized carbons (Fsp3) is 0.0769. The number of rotatable bonds is 3. The normalized spacial score (nSPS) is 10.3. The van der Waals surface area contributed by atoms with E-state index in [1.165, 1.54) is 18.3 Å². The summed E-state index contributed by atoms with van der Waals surface area (Å²) in [6.07, 6.45) is 1.31. The van der Waals surface area contributed by atoms with Gasteiger partial charge in [-0.05, 0) is 18.2 Å². The molecule has 3 N–H and O–H groups in total. The van der Waals surface area contributed by atoms with Gasteiger partial charge in [-0.1, -0.05) is 0 Å². The number of anilines is 2. The molecule has 1 aromatic carbocycles. The quantitative estimate of drug-likeness (QED) is 0.890. The van der Waals surface area contributed by atoms with Gasteiger partial charge in [0.25, 0.3) is 5.56 Å². The van der Waals surface area contributed by atoms with Crippen molar-refractivity contribution >= 4 is 17.3 Å². The first kappa shape index (κ1) is 13.7. The summed E-state index contributed by atoms with van der Waals surface area (Å²) in [4.78, 5) is 23.2. The van der Waals surface area contributed by atoms with Crippen LogP contribution >= 0.6 is 0 Å². The summed E-state index contributed by atoms with van der Waals surface area (Å²) in [5.74, 6) is -2.20. The lowest BCUT2D eigenvalue weighted by Gasteiger charge is -2.08. The summed E-state index contributed by atoms with van der Waals surface area (Å²) in [6, 6.07) is 5.29. The molecule has 1 heterocycles. The van der Waals surface area contributed by atoms with Crippen molar-refractivity contribution in [3.63, 3.8) is 0 Å². The molecule has 0 aliphatic rings. The van der Waals surface area contributed by atoms with Gasteiger partial charge < -0.3 is 15.6 Å². The van der Waals surface area contributed by atoms with Crippen molar-refractivity contribution in [1.29, 1.82) is 0 Å². The Bertz CT molecular complexity index is 693. The Morgan fingerprint density at radius 1 is 1.20 bits per heavy atom. The smallest absolute Gasteiger partial charge is 0.251 e. The molecule has 0 aliphatic heterocycles. The number of nitrogen functional groups attached to an aromatic ring is 1. The van der Waals surface area contributed by atoms with Gasteiger partial charge in [0, 0.05) is 29.7 Å². The minimum atomic E-state index is -0.804. The summed E-state index contributed by atoms with van der Waals surface area (Å²) in [5, 5.41) is 2.30. The summed E-state index contributed by atoms with van der Waals surface area (Å²) < 4.78 is 27.0. The maximum atomic E-state index is 13.0. The van der Waals surface area contributed by atoms with E-state index in [2.05, 4.69) is 5.32 Å². The summed E-state index contributed by atoms with van der Waals surface area (Å²) >= 11 is 0. The maximum Gasteiger partial charge on any atom is 0.251 e. The first-order chi connectivity index (χ1) is 9.44. The molecule has 0 spiro atoms. The van der Waals surface area contributed by atoms with Gasteiger partial charge in [0.1, 0.15) is 18.2 Å². The van der Waals surface area contributed by atoms with Crippen LogP contribution in [-0.4, -0.2) is 10.5 Å². The van der Waals surface area contributed by atoms with Crippen molar-refractivity contribution in [3.05, 3.63) is 58.5 Å². The lowest BCUT2D eigenvalue weighted by molar-refractivity contribution is -0.116. The number of benzene rings is 1. The maximum absolute atomic E-state index is 13.0. The standard InChI is InChI=1S/C13H11F2N3O2/c14-8-3-9(15)5-11(4-8)17-12(19)7-18-6-10(16)1-2-13(18)20/h1-6H,7,16H2,(H,17,19). The van der Waals surface area contributed by atoms with Crippen LogP contribution in [0, 0.1) is 11.6 Å². The van der Waals surface area contributed by atoms with Crippen LogP contribution in [0.5, 0.6) is 0 Å². The largest absolute Gasteiger partial charge is 0.398 e. The summed E-state index contributed by atoms with van der Waals surface area (Å²) in [6.45, 7) is -0.304. The number of carbonyl (C=O) groups excluding carboxylic acids is 1. The number of aromatic nitrogens is 1. The van der Waals surface area contributed by atoms with Crippen LogP contribution in [0.4, 0.5) is 20.2 Å². The molecule has 2 rings (SSSR count). The number of hydrogen-bond donors (Lipinski definition) is 2. The number of halogens is 2. The van der Waals surface area contributed by atoms with Crippen LogP contribution < -0.4 is 16.6 Å². The number of nitrogens with zero attached hydrogens (tertiary/aromatic N) is 1. The number of nitrogens with two attached hydrogens (primary N) is 1. The van der Waals surface area contributed by atoms with E-state index in [9.17, 15) is 18.4 Å². The Balaban J connectivity index is 2.13. The molecule has 7 heteroatoms. The van der Waals surface area contributed by atoms with Crippen molar-refractivity contribution < 1.29 is 13.6 Å². The van der Waals surface area contributed by atoms with E-state index in [1.54, 1.807) is 0 Å². The second kappa shape index (κ2) is 5.52. The van der Waals surface area contributed by atoms with Gasteiger partial charge in [-0.3, -0.25) is 9.59 Å². The Kier molecular flexibility index (Phi) is 3.79. The summed E-state index contributed by atoms with van der Waals surface area (Å²) in [7, 11) is 0.